The van der Waals surface area contributed by atoms with Crippen LogP contribution in [0.4, 0.5) is 0 Å². The minimum atomic E-state index is -0.502. The molecule has 6 nitrogen and oxygen atoms in total. The molecule has 3 aromatic rings. The number of rotatable bonds is 8. The lowest BCUT2D eigenvalue weighted by atomic mass is 9.89. The highest BCUT2D eigenvalue weighted by Crippen LogP contribution is 2.42. The number of nitrogens with zero attached hydrogens (tertiary/aromatic N) is 1. The summed E-state index contributed by atoms with van der Waals surface area (Å²) in [7, 11) is 0. The zero-order valence-electron chi connectivity index (χ0n) is 21.5. The number of hydrogen-bond acceptors (Lipinski definition) is 6. The molecule has 2 aliphatic heterocycles. The Morgan fingerprint density at radius 3 is 2.35 bits per heavy atom. The lowest BCUT2D eigenvalue weighted by Gasteiger charge is -2.43. The lowest BCUT2D eigenvalue weighted by molar-refractivity contribution is -0.276. The van der Waals surface area contributed by atoms with Gasteiger partial charge in [-0.1, -0.05) is 79.7 Å². The zero-order valence-corrected chi connectivity index (χ0v) is 21.5. The molecule has 0 saturated carbocycles. The van der Waals surface area contributed by atoms with Crippen LogP contribution in [0.3, 0.4) is 0 Å². The van der Waals surface area contributed by atoms with Gasteiger partial charge in [0.1, 0.15) is 0 Å². The number of aliphatic hydroxyl groups is 2. The van der Waals surface area contributed by atoms with E-state index in [1.807, 2.05) is 36.4 Å². The topological polar surface area (TPSA) is 88.2 Å². The van der Waals surface area contributed by atoms with Gasteiger partial charge in [0, 0.05) is 30.6 Å². The Bertz CT molecular complexity index is 1150. The van der Waals surface area contributed by atoms with Gasteiger partial charge >= 0.3 is 0 Å². The molecule has 5 rings (SSSR count). The monoisotopic (exact) mass is 502 g/mol. The van der Waals surface area contributed by atoms with E-state index < -0.39 is 6.29 Å². The first kappa shape index (κ1) is 26.0. The van der Waals surface area contributed by atoms with E-state index in [9.17, 15) is 10.2 Å². The molecule has 0 spiro atoms. The van der Waals surface area contributed by atoms with Crippen molar-refractivity contribution >= 4 is 0 Å². The molecule has 196 valence electrons. The molecule has 0 bridgehead atoms. The van der Waals surface area contributed by atoms with Gasteiger partial charge in [-0.15, -0.1) is 0 Å². The van der Waals surface area contributed by atoms with Crippen LogP contribution in [0, 0.1) is 5.92 Å². The predicted molar refractivity (Wildman–Crippen MR) is 144 cm³/mol. The van der Waals surface area contributed by atoms with E-state index in [2.05, 4.69) is 48.2 Å². The number of aliphatic hydroxyl groups excluding tert-OH is 2. The maximum atomic E-state index is 9.86. The molecule has 2 saturated heterocycles. The number of ether oxygens (including phenoxy) is 2. The molecule has 0 radical (unpaired) electrons. The highest BCUT2D eigenvalue weighted by Gasteiger charge is 2.40. The van der Waals surface area contributed by atoms with Crippen molar-refractivity contribution < 1.29 is 19.7 Å². The Morgan fingerprint density at radius 1 is 0.919 bits per heavy atom. The molecular weight excluding hydrogens is 464 g/mol. The Morgan fingerprint density at radius 2 is 1.65 bits per heavy atom. The van der Waals surface area contributed by atoms with Gasteiger partial charge in [0.05, 0.1) is 25.4 Å². The summed E-state index contributed by atoms with van der Waals surface area (Å²) >= 11 is 0. The van der Waals surface area contributed by atoms with Crippen molar-refractivity contribution in [2.24, 2.45) is 11.7 Å². The second-order valence-electron chi connectivity index (χ2n) is 10.3. The normalized spacial score (nSPS) is 26.4. The van der Waals surface area contributed by atoms with Gasteiger partial charge in [0.2, 0.25) is 0 Å². The van der Waals surface area contributed by atoms with Gasteiger partial charge in [-0.2, -0.15) is 0 Å². The van der Waals surface area contributed by atoms with Crippen LogP contribution >= 0.6 is 0 Å². The Hall–Kier alpha value is -2.58. The largest absolute Gasteiger partial charge is 0.395 e. The van der Waals surface area contributed by atoms with Crippen molar-refractivity contribution in [3.05, 3.63) is 95.1 Å². The number of hydrogen-bond donors (Lipinski definition) is 3. The third-order valence-corrected chi connectivity index (χ3v) is 7.98. The van der Waals surface area contributed by atoms with Crippen LogP contribution in [0.2, 0.25) is 0 Å². The second kappa shape index (κ2) is 11.9. The fourth-order valence-corrected chi connectivity index (χ4v) is 5.70. The molecule has 3 aromatic carbocycles. The highest BCUT2D eigenvalue weighted by molar-refractivity contribution is 5.67. The van der Waals surface area contributed by atoms with Gasteiger partial charge in [0.15, 0.2) is 6.29 Å². The first-order valence-corrected chi connectivity index (χ1v) is 13.3. The van der Waals surface area contributed by atoms with E-state index in [1.54, 1.807) is 0 Å². The van der Waals surface area contributed by atoms with Crippen molar-refractivity contribution in [3.8, 4) is 11.1 Å². The van der Waals surface area contributed by atoms with Crippen LogP contribution in [0.25, 0.3) is 11.1 Å². The van der Waals surface area contributed by atoms with E-state index in [1.165, 1.54) is 0 Å². The molecule has 0 aliphatic carbocycles. The van der Waals surface area contributed by atoms with Crippen molar-refractivity contribution in [2.45, 2.75) is 57.5 Å². The van der Waals surface area contributed by atoms with Crippen LogP contribution < -0.4 is 5.73 Å². The first-order chi connectivity index (χ1) is 18.1. The molecule has 5 atom stereocenters. The summed E-state index contributed by atoms with van der Waals surface area (Å²) in [5.74, 6) is 0.117. The van der Waals surface area contributed by atoms with Gasteiger partial charge in [-0.25, -0.2) is 0 Å². The quantitative estimate of drug-likeness (QED) is 0.419. The minimum absolute atomic E-state index is 0.0207. The molecule has 37 heavy (non-hydrogen) atoms. The van der Waals surface area contributed by atoms with E-state index in [-0.39, 0.29) is 37.4 Å². The Balaban J connectivity index is 1.42. The van der Waals surface area contributed by atoms with Crippen molar-refractivity contribution in [1.29, 1.82) is 0 Å². The average Bonchev–Trinajstić information content (AvgIpc) is 3.41. The van der Waals surface area contributed by atoms with Crippen molar-refractivity contribution in [1.82, 2.24) is 4.90 Å². The molecule has 6 heteroatoms. The zero-order chi connectivity index (χ0) is 25.8. The van der Waals surface area contributed by atoms with E-state index in [0.29, 0.717) is 6.54 Å². The summed E-state index contributed by atoms with van der Waals surface area (Å²) < 4.78 is 13.2. The van der Waals surface area contributed by atoms with Gasteiger partial charge in [0.25, 0.3) is 0 Å². The SMILES string of the molecule is C[C@@H]1[C@H](CN2CCC[C@H]2CO)O[C@H](c2ccc(-c3ccccc3CN)cc2)O[C@@H]1c1ccc(CO)cc1. The summed E-state index contributed by atoms with van der Waals surface area (Å²) in [6.07, 6.45) is 1.42. The number of likely N-dealkylation sites (tertiary alicyclic amines) is 1. The second-order valence-corrected chi connectivity index (χ2v) is 10.3. The standard InChI is InChI=1S/C31H38N2O4/c1-21-29(18-33-16-4-6-27(33)20-35)36-31(37-30(21)24-10-8-22(19-34)9-11-24)25-14-12-23(13-15-25)28-7-3-2-5-26(28)17-32/h2-3,5,7-15,21,27,29-31,34-35H,4,6,16-20,32H2,1H3/t21-,27+,29+,30+,31+/m1/s1. The predicted octanol–water partition coefficient (Wildman–Crippen LogP) is 4.55. The molecule has 0 amide bonds. The molecule has 0 aromatic heterocycles. The van der Waals surface area contributed by atoms with Crippen LogP contribution in [-0.4, -0.2) is 47.0 Å². The Labute approximate surface area is 219 Å². The van der Waals surface area contributed by atoms with Gasteiger partial charge in [-0.3, -0.25) is 4.90 Å². The maximum absolute atomic E-state index is 9.86. The van der Waals surface area contributed by atoms with E-state index >= 15 is 0 Å². The van der Waals surface area contributed by atoms with Crippen molar-refractivity contribution in [3.63, 3.8) is 0 Å². The van der Waals surface area contributed by atoms with Gasteiger partial charge < -0.3 is 25.4 Å². The summed E-state index contributed by atoms with van der Waals surface area (Å²) in [5, 5.41) is 19.3. The fraction of sp³-hybridized carbons (Fsp3) is 0.419. The van der Waals surface area contributed by atoms with Crippen LogP contribution in [-0.2, 0) is 22.6 Å². The summed E-state index contributed by atoms with van der Waals surface area (Å²) in [5.41, 5.74) is 12.3. The summed E-state index contributed by atoms with van der Waals surface area (Å²) in [6, 6.07) is 24.8. The first-order valence-electron chi connectivity index (χ1n) is 13.3. The summed E-state index contributed by atoms with van der Waals surface area (Å²) in [4.78, 5) is 2.36. The summed E-state index contributed by atoms with van der Waals surface area (Å²) in [6.45, 7) is 4.62. The van der Waals surface area contributed by atoms with E-state index in [0.717, 1.165) is 59.3 Å². The third-order valence-electron chi connectivity index (χ3n) is 7.98. The molecule has 2 heterocycles. The molecular formula is C31H38N2O4. The Kier molecular flexibility index (Phi) is 8.35. The van der Waals surface area contributed by atoms with Crippen LogP contribution in [0.1, 0.15) is 54.4 Å². The highest BCUT2D eigenvalue weighted by atomic mass is 16.7. The number of benzene rings is 3. The smallest absolute Gasteiger partial charge is 0.184 e. The third kappa shape index (κ3) is 5.65. The van der Waals surface area contributed by atoms with Gasteiger partial charge in [-0.05, 0) is 47.2 Å². The number of nitrogens with two attached hydrogens (primary N) is 1. The van der Waals surface area contributed by atoms with Crippen LogP contribution in [0.15, 0.2) is 72.8 Å². The van der Waals surface area contributed by atoms with Crippen molar-refractivity contribution in [2.75, 3.05) is 19.7 Å². The lowest BCUT2D eigenvalue weighted by Crippen LogP contribution is -2.46. The molecule has 0 unspecified atom stereocenters. The molecule has 4 N–H and O–H groups in total. The maximum Gasteiger partial charge on any atom is 0.184 e. The van der Waals surface area contributed by atoms with Crippen LogP contribution in [0.5, 0.6) is 0 Å². The molecule has 2 aliphatic rings. The molecule has 2 fully saturated rings. The van der Waals surface area contributed by atoms with E-state index in [4.69, 9.17) is 15.2 Å². The average molecular weight is 503 g/mol. The minimum Gasteiger partial charge on any atom is -0.395 e. The fourth-order valence-electron chi connectivity index (χ4n) is 5.70.